The lowest BCUT2D eigenvalue weighted by molar-refractivity contribution is -0.114. The zero-order valence-electron chi connectivity index (χ0n) is 15.0. The lowest BCUT2D eigenvalue weighted by Gasteiger charge is -2.31. The van der Waals surface area contributed by atoms with Crippen LogP contribution in [0, 0.1) is 11.3 Å². The molecule has 1 spiro atoms. The first-order valence-corrected chi connectivity index (χ1v) is 9.22. The molecule has 0 atom stereocenters. The van der Waals surface area contributed by atoms with Gasteiger partial charge in [-0.15, -0.1) is 0 Å². The molecule has 1 aliphatic heterocycles. The van der Waals surface area contributed by atoms with E-state index in [4.69, 9.17) is 14.7 Å². The molecule has 6 nitrogen and oxygen atoms in total. The standard InChI is InChI=1S/C21H21N3O3/c22-13-15-4-6-16(7-5-15)23-14-20(25)24-17-8-9-18-19(12-17)27-21(26-18)10-2-1-3-11-21/h4-9,12,23H,1-3,10-11,14H2,(H,24,25). The van der Waals surface area contributed by atoms with Gasteiger partial charge in [0.25, 0.3) is 5.79 Å². The summed E-state index contributed by atoms with van der Waals surface area (Å²) in [6.45, 7) is 0.129. The summed E-state index contributed by atoms with van der Waals surface area (Å²) in [4.78, 5) is 12.2. The molecule has 1 aliphatic carbocycles. The van der Waals surface area contributed by atoms with E-state index in [1.807, 2.05) is 18.2 Å². The number of nitrogens with zero attached hydrogens (tertiary/aromatic N) is 1. The number of rotatable bonds is 4. The summed E-state index contributed by atoms with van der Waals surface area (Å²) in [5.41, 5.74) is 2.05. The maximum Gasteiger partial charge on any atom is 0.251 e. The highest BCUT2D eigenvalue weighted by atomic mass is 16.7. The highest BCUT2D eigenvalue weighted by Crippen LogP contribution is 2.46. The molecule has 0 radical (unpaired) electrons. The average molecular weight is 363 g/mol. The third kappa shape index (κ3) is 3.82. The Labute approximate surface area is 158 Å². The van der Waals surface area contributed by atoms with E-state index in [-0.39, 0.29) is 12.5 Å². The highest BCUT2D eigenvalue weighted by molar-refractivity contribution is 5.94. The number of nitriles is 1. The predicted molar refractivity (Wildman–Crippen MR) is 102 cm³/mol. The van der Waals surface area contributed by atoms with Crippen molar-refractivity contribution in [3.8, 4) is 17.6 Å². The second-order valence-electron chi connectivity index (χ2n) is 6.93. The first kappa shape index (κ1) is 17.2. The number of nitrogens with one attached hydrogen (secondary N) is 2. The fourth-order valence-corrected chi connectivity index (χ4v) is 3.52. The molecule has 1 amide bonds. The fraction of sp³-hybridized carbons (Fsp3) is 0.333. The molecule has 1 saturated carbocycles. The van der Waals surface area contributed by atoms with Crippen LogP contribution in [0.25, 0.3) is 0 Å². The third-order valence-electron chi connectivity index (χ3n) is 4.90. The summed E-state index contributed by atoms with van der Waals surface area (Å²) >= 11 is 0. The Hall–Kier alpha value is -3.20. The molecule has 0 aromatic heterocycles. The van der Waals surface area contributed by atoms with Crippen molar-refractivity contribution in [1.82, 2.24) is 0 Å². The number of fused-ring (bicyclic) bond motifs is 1. The molecule has 0 bridgehead atoms. The number of hydrogen-bond acceptors (Lipinski definition) is 5. The molecule has 0 unspecified atom stereocenters. The molecular formula is C21H21N3O3. The van der Waals surface area contributed by atoms with Crippen molar-refractivity contribution in [2.45, 2.75) is 37.9 Å². The SMILES string of the molecule is N#Cc1ccc(NCC(=O)Nc2ccc3c(c2)OC2(CCCCC2)O3)cc1. The van der Waals surface area contributed by atoms with Crippen LogP contribution in [0.1, 0.15) is 37.7 Å². The fourth-order valence-electron chi connectivity index (χ4n) is 3.52. The molecule has 6 heteroatoms. The molecule has 4 rings (SSSR count). The lowest BCUT2D eigenvalue weighted by atomic mass is 9.94. The number of carbonyl (C=O) groups excluding carboxylic acids is 1. The van der Waals surface area contributed by atoms with Crippen molar-refractivity contribution in [3.63, 3.8) is 0 Å². The molecule has 2 aliphatic rings. The van der Waals surface area contributed by atoms with Gasteiger partial charge in [0.1, 0.15) is 0 Å². The van der Waals surface area contributed by atoms with Crippen LogP contribution in [-0.2, 0) is 4.79 Å². The third-order valence-corrected chi connectivity index (χ3v) is 4.90. The highest BCUT2D eigenvalue weighted by Gasteiger charge is 2.42. The monoisotopic (exact) mass is 363 g/mol. The van der Waals surface area contributed by atoms with E-state index in [0.29, 0.717) is 17.0 Å². The average Bonchev–Trinajstić information content (AvgIpc) is 3.03. The van der Waals surface area contributed by atoms with Crippen molar-refractivity contribution in [1.29, 1.82) is 5.26 Å². The summed E-state index contributed by atoms with van der Waals surface area (Å²) in [5.74, 6) is 0.756. The quantitative estimate of drug-likeness (QED) is 0.856. The molecular weight excluding hydrogens is 342 g/mol. The summed E-state index contributed by atoms with van der Waals surface area (Å²) in [6.07, 6.45) is 5.24. The van der Waals surface area contributed by atoms with Crippen LogP contribution >= 0.6 is 0 Å². The second-order valence-corrected chi connectivity index (χ2v) is 6.93. The first-order valence-electron chi connectivity index (χ1n) is 9.22. The van der Waals surface area contributed by atoms with Gasteiger partial charge >= 0.3 is 0 Å². The Morgan fingerprint density at radius 3 is 2.44 bits per heavy atom. The minimum absolute atomic E-state index is 0.129. The first-order chi connectivity index (χ1) is 13.2. The van der Waals surface area contributed by atoms with Gasteiger partial charge in [-0.3, -0.25) is 4.79 Å². The molecule has 1 heterocycles. The number of hydrogen-bond donors (Lipinski definition) is 2. The maximum absolute atomic E-state index is 12.2. The van der Waals surface area contributed by atoms with Crippen molar-refractivity contribution in [2.75, 3.05) is 17.2 Å². The normalized spacial score (nSPS) is 16.6. The second kappa shape index (κ2) is 7.20. The van der Waals surface area contributed by atoms with Crippen LogP contribution in [0.4, 0.5) is 11.4 Å². The van der Waals surface area contributed by atoms with E-state index in [2.05, 4.69) is 16.7 Å². The van der Waals surface area contributed by atoms with Crippen molar-refractivity contribution in [3.05, 3.63) is 48.0 Å². The molecule has 138 valence electrons. The Balaban J connectivity index is 1.34. The van der Waals surface area contributed by atoms with Gasteiger partial charge in [-0.25, -0.2) is 0 Å². The Morgan fingerprint density at radius 1 is 1.00 bits per heavy atom. The maximum atomic E-state index is 12.2. The summed E-state index contributed by atoms with van der Waals surface area (Å²) in [5, 5.41) is 14.7. The van der Waals surface area contributed by atoms with Crippen LogP contribution < -0.4 is 20.1 Å². The molecule has 0 saturated heterocycles. The zero-order valence-corrected chi connectivity index (χ0v) is 15.0. The number of benzene rings is 2. The van der Waals surface area contributed by atoms with E-state index in [9.17, 15) is 4.79 Å². The molecule has 27 heavy (non-hydrogen) atoms. The van der Waals surface area contributed by atoms with E-state index < -0.39 is 5.79 Å². The van der Waals surface area contributed by atoms with Gasteiger partial charge in [-0.05, 0) is 49.2 Å². The van der Waals surface area contributed by atoms with Gasteiger partial charge in [-0.1, -0.05) is 6.42 Å². The Bertz CT molecular complexity index is 881. The van der Waals surface area contributed by atoms with Crippen LogP contribution in [-0.4, -0.2) is 18.2 Å². The van der Waals surface area contributed by atoms with Gasteiger partial charge in [0.05, 0.1) is 18.2 Å². The van der Waals surface area contributed by atoms with E-state index >= 15 is 0 Å². The predicted octanol–water partition coefficient (Wildman–Crippen LogP) is 4.04. The van der Waals surface area contributed by atoms with Gasteiger partial charge in [-0.2, -0.15) is 5.26 Å². The molecule has 1 fully saturated rings. The summed E-state index contributed by atoms with van der Waals surface area (Å²) < 4.78 is 12.1. The largest absolute Gasteiger partial charge is 0.448 e. The number of anilines is 2. The minimum Gasteiger partial charge on any atom is -0.448 e. The summed E-state index contributed by atoms with van der Waals surface area (Å²) in [6, 6.07) is 14.5. The van der Waals surface area contributed by atoms with Crippen LogP contribution in [0.15, 0.2) is 42.5 Å². The van der Waals surface area contributed by atoms with E-state index in [1.165, 1.54) is 6.42 Å². The summed E-state index contributed by atoms with van der Waals surface area (Å²) in [7, 11) is 0. The van der Waals surface area contributed by atoms with Gasteiger partial charge in [0, 0.05) is 30.3 Å². The lowest BCUT2D eigenvalue weighted by Crippen LogP contribution is -2.40. The smallest absolute Gasteiger partial charge is 0.251 e. The van der Waals surface area contributed by atoms with Gasteiger partial charge in [0.2, 0.25) is 5.91 Å². The molecule has 2 aromatic carbocycles. The van der Waals surface area contributed by atoms with Crippen molar-refractivity contribution >= 4 is 17.3 Å². The zero-order chi connectivity index (χ0) is 18.7. The van der Waals surface area contributed by atoms with Crippen molar-refractivity contribution < 1.29 is 14.3 Å². The molecule has 2 N–H and O–H groups in total. The van der Waals surface area contributed by atoms with E-state index in [0.717, 1.165) is 37.1 Å². The van der Waals surface area contributed by atoms with Gasteiger partial charge in [0.15, 0.2) is 11.5 Å². The Kier molecular flexibility index (Phi) is 4.59. The van der Waals surface area contributed by atoms with E-state index in [1.54, 1.807) is 24.3 Å². The Morgan fingerprint density at radius 2 is 1.70 bits per heavy atom. The van der Waals surface area contributed by atoms with Gasteiger partial charge < -0.3 is 20.1 Å². The van der Waals surface area contributed by atoms with Crippen LogP contribution in [0.3, 0.4) is 0 Å². The number of carbonyl (C=O) groups is 1. The van der Waals surface area contributed by atoms with Crippen molar-refractivity contribution in [2.24, 2.45) is 0 Å². The van der Waals surface area contributed by atoms with Crippen LogP contribution in [0.2, 0.25) is 0 Å². The number of amides is 1. The van der Waals surface area contributed by atoms with Crippen LogP contribution in [0.5, 0.6) is 11.5 Å². The minimum atomic E-state index is -0.514. The molecule has 2 aromatic rings. The number of ether oxygens (including phenoxy) is 2. The topological polar surface area (TPSA) is 83.4 Å².